The lowest BCUT2D eigenvalue weighted by Gasteiger charge is -2.21. The number of amides is 1. The summed E-state index contributed by atoms with van der Waals surface area (Å²) in [4.78, 5) is 14.3. The first-order valence-corrected chi connectivity index (χ1v) is 7.67. The summed E-state index contributed by atoms with van der Waals surface area (Å²) < 4.78 is 0. The highest BCUT2D eigenvalue weighted by Gasteiger charge is 2.21. The van der Waals surface area contributed by atoms with Crippen molar-refractivity contribution in [2.45, 2.75) is 25.7 Å². The molecule has 2 N–H and O–H groups in total. The third-order valence-electron chi connectivity index (χ3n) is 4.04. The zero-order valence-corrected chi connectivity index (χ0v) is 11.9. The highest BCUT2D eigenvalue weighted by molar-refractivity contribution is 5.95. The first-order valence-electron chi connectivity index (χ1n) is 7.67. The van der Waals surface area contributed by atoms with Crippen molar-refractivity contribution in [3.8, 4) is 0 Å². The summed E-state index contributed by atoms with van der Waals surface area (Å²) in [6.07, 6.45) is 5.11. The summed E-state index contributed by atoms with van der Waals surface area (Å²) in [5.41, 5.74) is 2.09. The molecule has 20 heavy (non-hydrogen) atoms. The standard InChI is InChI=1S/C16H23N3O/c20-16(12-17-11-13-7-8-13)18-14-5-1-2-6-15(14)19-9-3-4-10-19/h1-2,5-6,13,17H,3-4,7-12H2,(H,18,20). The molecular weight excluding hydrogens is 250 g/mol. The van der Waals surface area contributed by atoms with Gasteiger partial charge >= 0.3 is 0 Å². The van der Waals surface area contributed by atoms with E-state index in [1.54, 1.807) is 0 Å². The fourth-order valence-electron chi connectivity index (χ4n) is 2.72. The molecule has 4 nitrogen and oxygen atoms in total. The van der Waals surface area contributed by atoms with E-state index in [4.69, 9.17) is 0 Å². The van der Waals surface area contributed by atoms with Gasteiger partial charge in [-0.05, 0) is 50.3 Å². The number of para-hydroxylation sites is 2. The van der Waals surface area contributed by atoms with Gasteiger partial charge in [-0.2, -0.15) is 0 Å². The molecular formula is C16H23N3O. The van der Waals surface area contributed by atoms with Gasteiger partial charge in [-0.3, -0.25) is 4.79 Å². The number of nitrogens with one attached hydrogen (secondary N) is 2. The van der Waals surface area contributed by atoms with Gasteiger partial charge in [0.15, 0.2) is 0 Å². The molecule has 3 rings (SSSR count). The minimum Gasteiger partial charge on any atom is -0.370 e. The average molecular weight is 273 g/mol. The van der Waals surface area contributed by atoms with Crippen LogP contribution in [0.15, 0.2) is 24.3 Å². The molecule has 0 spiro atoms. The van der Waals surface area contributed by atoms with Crippen molar-refractivity contribution in [2.24, 2.45) is 5.92 Å². The first-order chi connectivity index (χ1) is 9.83. The molecule has 0 atom stereocenters. The molecule has 108 valence electrons. The Morgan fingerprint density at radius 2 is 1.95 bits per heavy atom. The van der Waals surface area contributed by atoms with Crippen LogP contribution < -0.4 is 15.5 Å². The SMILES string of the molecule is O=C(CNCC1CC1)Nc1ccccc1N1CCCC1. The number of carbonyl (C=O) groups is 1. The maximum atomic E-state index is 12.0. The van der Waals surface area contributed by atoms with Gasteiger partial charge in [0.2, 0.25) is 5.91 Å². The highest BCUT2D eigenvalue weighted by atomic mass is 16.1. The van der Waals surface area contributed by atoms with Crippen LogP contribution in [0.2, 0.25) is 0 Å². The Hall–Kier alpha value is -1.55. The average Bonchev–Trinajstić information content (AvgIpc) is 3.11. The van der Waals surface area contributed by atoms with E-state index in [0.717, 1.165) is 36.9 Å². The van der Waals surface area contributed by atoms with Gasteiger partial charge in [-0.25, -0.2) is 0 Å². The van der Waals surface area contributed by atoms with E-state index in [-0.39, 0.29) is 5.91 Å². The molecule has 1 aliphatic heterocycles. The van der Waals surface area contributed by atoms with E-state index in [1.807, 2.05) is 18.2 Å². The maximum absolute atomic E-state index is 12.0. The summed E-state index contributed by atoms with van der Waals surface area (Å²) in [7, 11) is 0. The lowest BCUT2D eigenvalue weighted by molar-refractivity contribution is -0.115. The molecule has 2 aliphatic rings. The number of nitrogens with zero attached hydrogens (tertiary/aromatic N) is 1. The highest BCUT2D eigenvalue weighted by Crippen LogP contribution is 2.29. The van der Waals surface area contributed by atoms with Crippen LogP contribution in [-0.2, 0) is 4.79 Å². The van der Waals surface area contributed by atoms with Crippen LogP contribution in [0.4, 0.5) is 11.4 Å². The van der Waals surface area contributed by atoms with Gasteiger partial charge in [-0.15, -0.1) is 0 Å². The second-order valence-corrected chi connectivity index (χ2v) is 5.83. The van der Waals surface area contributed by atoms with E-state index in [0.29, 0.717) is 6.54 Å². The number of rotatable bonds is 6. The van der Waals surface area contributed by atoms with Crippen molar-refractivity contribution in [1.29, 1.82) is 0 Å². The molecule has 2 fully saturated rings. The van der Waals surface area contributed by atoms with E-state index < -0.39 is 0 Å². The van der Waals surface area contributed by atoms with Crippen molar-refractivity contribution >= 4 is 17.3 Å². The number of hydrogen-bond acceptors (Lipinski definition) is 3. The molecule has 1 aromatic rings. The second kappa shape index (κ2) is 6.27. The summed E-state index contributed by atoms with van der Waals surface area (Å²) >= 11 is 0. The number of anilines is 2. The molecule has 0 unspecified atom stereocenters. The summed E-state index contributed by atoms with van der Waals surface area (Å²) in [6, 6.07) is 8.10. The molecule has 0 aromatic heterocycles. The Balaban J connectivity index is 1.56. The second-order valence-electron chi connectivity index (χ2n) is 5.83. The number of carbonyl (C=O) groups excluding carboxylic acids is 1. The summed E-state index contributed by atoms with van der Waals surface area (Å²) in [5.74, 6) is 0.858. The van der Waals surface area contributed by atoms with Gasteiger partial charge in [0, 0.05) is 13.1 Å². The molecule has 1 amide bonds. The Labute approximate surface area is 120 Å². The Bertz CT molecular complexity index is 465. The van der Waals surface area contributed by atoms with Crippen LogP contribution in [0, 0.1) is 5.92 Å². The quantitative estimate of drug-likeness (QED) is 0.835. The first kappa shape index (κ1) is 13.4. The van der Waals surface area contributed by atoms with E-state index in [1.165, 1.54) is 25.7 Å². The van der Waals surface area contributed by atoms with E-state index in [9.17, 15) is 4.79 Å². The zero-order valence-electron chi connectivity index (χ0n) is 11.9. The molecule has 1 saturated heterocycles. The van der Waals surface area contributed by atoms with Crippen LogP contribution in [0.5, 0.6) is 0 Å². The van der Waals surface area contributed by atoms with Gasteiger partial charge in [-0.1, -0.05) is 12.1 Å². The van der Waals surface area contributed by atoms with Gasteiger partial charge in [0.25, 0.3) is 0 Å². The van der Waals surface area contributed by atoms with Crippen LogP contribution >= 0.6 is 0 Å². The number of hydrogen-bond donors (Lipinski definition) is 2. The molecule has 1 aromatic carbocycles. The zero-order chi connectivity index (χ0) is 13.8. The fraction of sp³-hybridized carbons (Fsp3) is 0.562. The van der Waals surface area contributed by atoms with Crippen LogP contribution in [0.1, 0.15) is 25.7 Å². The van der Waals surface area contributed by atoms with Crippen molar-refractivity contribution in [3.05, 3.63) is 24.3 Å². The van der Waals surface area contributed by atoms with Gasteiger partial charge < -0.3 is 15.5 Å². The summed E-state index contributed by atoms with van der Waals surface area (Å²) in [6.45, 7) is 3.56. The topological polar surface area (TPSA) is 44.4 Å². The van der Waals surface area contributed by atoms with Gasteiger partial charge in [0.1, 0.15) is 0 Å². The lowest BCUT2D eigenvalue weighted by Crippen LogP contribution is -2.30. The Morgan fingerprint density at radius 3 is 2.70 bits per heavy atom. The van der Waals surface area contributed by atoms with Crippen molar-refractivity contribution in [3.63, 3.8) is 0 Å². The normalized spacial score (nSPS) is 18.3. The van der Waals surface area contributed by atoms with Crippen molar-refractivity contribution in [1.82, 2.24) is 5.32 Å². The smallest absolute Gasteiger partial charge is 0.238 e. The van der Waals surface area contributed by atoms with E-state index >= 15 is 0 Å². The van der Waals surface area contributed by atoms with E-state index in [2.05, 4.69) is 21.6 Å². The molecule has 4 heteroatoms. The lowest BCUT2D eigenvalue weighted by atomic mass is 10.2. The van der Waals surface area contributed by atoms with Gasteiger partial charge in [0.05, 0.1) is 17.9 Å². The minimum absolute atomic E-state index is 0.0531. The maximum Gasteiger partial charge on any atom is 0.238 e. The predicted octanol–water partition coefficient (Wildman–Crippen LogP) is 2.22. The molecule has 0 radical (unpaired) electrons. The monoisotopic (exact) mass is 273 g/mol. The largest absolute Gasteiger partial charge is 0.370 e. The number of benzene rings is 1. The Kier molecular flexibility index (Phi) is 4.21. The molecule has 1 heterocycles. The van der Waals surface area contributed by atoms with Crippen molar-refractivity contribution < 1.29 is 4.79 Å². The minimum atomic E-state index is 0.0531. The van der Waals surface area contributed by atoms with Crippen molar-refractivity contribution in [2.75, 3.05) is 36.4 Å². The van der Waals surface area contributed by atoms with Crippen LogP contribution in [0.25, 0.3) is 0 Å². The molecule has 0 bridgehead atoms. The predicted molar refractivity (Wildman–Crippen MR) is 82.1 cm³/mol. The Morgan fingerprint density at radius 1 is 1.20 bits per heavy atom. The third kappa shape index (κ3) is 3.51. The fourth-order valence-corrected chi connectivity index (χ4v) is 2.72. The third-order valence-corrected chi connectivity index (χ3v) is 4.04. The summed E-state index contributed by atoms with van der Waals surface area (Å²) in [5, 5.41) is 6.27. The van der Waals surface area contributed by atoms with Crippen LogP contribution in [-0.4, -0.2) is 32.1 Å². The molecule has 1 aliphatic carbocycles. The van der Waals surface area contributed by atoms with Crippen LogP contribution in [0.3, 0.4) is 0 Å². The molecule has 1 saturated carbocycles.